The number of carbonyl (C=O) groups excluding carboxylic acids is 2. The van der Waals surface area contributed by atoms with Crippen LogP contribution in [0.25, 0.3) is 0 Å². The zero-order chi connectivity index (χ0) is 18.9. The molecule has 1 aliphatic heterocycles. The lowest BCUT2D eigenvalue weighted by molar-refractivity contribution is -0.141. The second-order valence-corrected chi connectivity index (χ2v) is 7.51. The number of benzene rings is 2. The summed E-state index contributed by atoms with van der Waals surface area (Å²) in [6, 6.07) is 12.1. The van der Waals surface area contributed by atoms with E-state index in [4.69, 9.17) is 16.3 Å². The first-order valence-electron chi connectivity index (χ1n) is 8.03. The SMILES string of the molecule is CC(=O)C[C@]1(O)C(=O)N(CCOc2ccc(Cl)cc2)c2ccc(Br)cc21. The fourth-order valence-corrected chi connectivity index (χ4v) is 3.55. The standard InChI is InChI=1S/C19H17BrClNO4/c1-12(23)11-19(25)16-10-13(20)2-7-17(16)22(18(19)24)8-9-26-15-5-3-14(21)4-6-15/h2-7,10,25H,8-9,11H2,1H3/t19-/m1/s1. The Balaban J connectivity index is 1.80. The predicted octanol–water partition coefficient (Wildman–Crippen LogP) is 3.69. The number of anilines is 1. The number of amides is 1. The van der Waals surface area contributed by atoms with Crippen molar-refractivity contribution in [1.82, 2.24) is 0 Å². The third kappa shape index (κ3) is 3.63. The van der Waals surface area contributed by atoms with Crippen molar-refractivity contribution in [3.8, 4) is 5.75 Å². The summed E-state index contributed by atoms with van der Waals surface area (Å²) in [5.41, 5.74) is -0.828. The number of hydrogen-bond acceptors (Lipinski definition) is 4. The van der Waals surface area contributed by atoms with Gasteiger partial charge in [-0.05, 0) is 49.4 Å². The molecule has 7 heteroatoms. The second kappa shape index (κ2) is 7.39. The first-order chi connectivity index (χ1) is 12.3. The van der Waals surface area contributed by atoms with E-state index in [0.29, 0.717) is 22.0 Å². The molecule has 0 bridgehead atoms. The van der Waals surface area contributed by atoms with Crippen molar-refractivity contribution in [2.45, 2.75) is 18.9 Å². The van der Waals surface area contributed by atoms with Crippen LogP contribution in [-0.2, 0) is 15.2 Å². The molecule has 1 atom stereocenters. The number of ether oxygens (including phenoxy) is 1. The monoisotopic (exact) mass is 437 g/mol. The Kier molecular flexibility index (Phi) is 5.37. The van der Waals surface area contributed by atoms with Crippen LogP contribution >= 0.6 is 27.5 Å². The van der Waals surface area contributed by atoms with E-state index in [1.807, 2.05) is 0 Å². The molecule has 1 N–H and O–H groups in total. The third-order valence-corrected chi connectivity index (χ3v) is 4.94. The van der Waals surface area contributed by atoms with Crippen LogP contribution in [0.5, 0.6) is 5.75 Å². The zero-order valence-corrected chi connectivity index (χ0v) is 16.4. The van der Waals surface area contributed by atoms with E-state index in [1.54, 1.807) is 42.5 Å². The van der Waals surface area contributed by atoms with Crippen LogP contribution < -0.4 is 9.64 Å². The van der Waals surface area contributed by atoms with Crippen LogP contribution in [0.1, 0.15) is 18.9 Å². The van der Waals surface area contributed by atoms with E-state index < -0.39 is 11.5 Å². The van der Waals surface area contributed by atoms with E-state index in [0.717, 1.165) is 4.47 Å². The van der Waals surface area contributed by atoms with Crippen LogP contribution in [0.3, 0.4) is 0 Å². The normalized spacial score (nSPS) is 18.8. The average molecular weight is 439 g/mol. The summed E-state index contributed by atoms with van der Waals surface area (Å²) in [6.07, 6.45) is -0.260. The molecular formula is C19H17BrClNO4. The molecule has 0 aliphatic carbocycles. The highest BCUT2D eigenvalue weighted by atomic mass is 79.9. The molecule has 5 nitrogen and oxygen atoms in total. The Labute approximate surface area is 164 Å². The minimum Gasteiger partial charge on any atom is -0.492 e. The van der Waals surface area contributed by atoms with Gasteiger partial charge in [-0.2, -0.15) is 0 Å². The first-order valence-corrected chi connectivity index (χ1v) is 9.20. The lowest BCUT2D eigenvalue weighted by atomic mass is 9.90. The topological polar surface area (TPSA) is 66.8 Å². The van der Waals surface area contributed by atoms with Gasteiger partial charge in [-0.15, -0.1) is 0 Å². The van der Waals surface area contributed by atoms with Gasteiger partial charge in [-0.3, -0.25) is 9.59 Å². The molecule has 1 amide bonds. The van der Waals surface area contributed by atoms with Gasteiger partial charge in [0, 0.05) is 21.5 Å². The number of hydrogen-bond donors (Lipinski definition) is 1. The molecule has 2 aromatic carbocycles. The Morgan fingerprint density at radius 2 is 1.96 bits per heavy atom. The van der Waals surface area contributed by atoms with Crippen molar-refractivity contribution in [3.05, 3.63) is 57.5 Å². The van der Waals surface area contributed by atoms with E-state index in [2.05, 4.69) is 15.9 Å². The predicted molar refractivity (Wildman–Crippen MR) is 103 cm³/mol. The summed E-state index contributed by atoms with van der Waals surface area (Å²) in [5.74, 6) is -0.136. The molecule has 26 heavy (non-hydrogen) atoms. The summed E-state index contributed by atoms with van der Waals surface area (Å²) < 4.78 is 6.38. The van der Waals surface area contributed by atoms with Crippen LogP contribution in [-0.4, -0.2) is 29.9 Å². The van der Waals surface area contributed by atoms with Gasteiger partial charge in [-0.25, -0.2) is 0 Å². The van der Waals surface area contributed by atoms with Crippen molar-refractivity contribution < 1.29 is 19.4 Å². The molecule has 1 aliphatic rings. The zero-order valence-electron chi connectivity index (χ0n) is 14.0. The molecule has 0 saturated carbocycles. The van der Waals surface area contributed by atoms with Crippen molar-refractivity contribution in [1.29, 1.82) is 0 Å². The average Bonchev–Trinajstić information content (AvgIpc) is 2.77. The van der Waals surface area contributed by atoms with Crippen molar-refractivity contribution in [3.63, 3.8) is 0 Å². The lowest BCUT2D eigenvalue weighted by Crippen LogP contribution is -2.43. The number of nitrogens with zero attached hydrogens (tertiary/aromatic N) is 1. The number of aliphatic hydroxyl groups is 1. The van der Waals surface area contributed by atoms with Crippen molar-refractivity contribution in [2.75, 3.05) is 18.1 Å². The number of fused-ring (bicyclic) bond motifs is 1. The maximum atomic E-state index is 12.9. The van der Waals surface area contributed by atoms with Crippen molar-refractivity contribution in [2.24, 2.45) is 0 Å². The van der Waals surface area contributed by atoms with E-state index in [9.17, 15) is 14.7 Å². The summed E-state index contributed by atoms with van der Waals surface area (Å²) in [6.45, 7) is 1.84. The van der Waals surface area contributed by atoms with Gasteiger partial charge < -0.3 is 14.7 Å². The summed E-state index contributed by atoms with van der Waals surface area (Å²) >= 11 is 9.19. The lowest BCUT2D eigenvalue weighted by Gasteiger charge is -2.22. The summed E-state index contributed by atoms with van der Waals surface area (Å²) in [7, 11) is 0. The first kappa shape index (κ1) is 18.9. The van der Waals surface area contributed by atoms with Crippen LogP contribution in [0.2, 0.25) is 5.02 Å². The van der Waals surface area contributed by atoms with E-state index in [1.165, 1.54) is 11.8 Å². The molecule has 3 rings (SSSR count). The molecule has 0 radical (unpaired) electrons. The van der Waals surface area contributed by atoms with Gasteiger partial charge in [-0.1, -0.05) is 27.5 Å². The van der Waals surface area contributed by atoms with Crippen LogP contribution in [0.4, 0.5) is 5.69 Å². The van der Waals surface area contributed by atoms with Gasteiger partial charge >= 0.3 is 0 Å². The molecule has 0 saturated heterocycles. The molecule has 2 aromatic rings. The van der Waals surface area contributed by atoms with Gasteiger partial charge in [0.15, 0.2) is 5.60 Å². The van der Waals surface area contributed by atoms with Gasteiger partial charge in [0.2, 0.25) is 0 Å². The highest BCUT2D eigenvalue weighted by Crippen LogP contribution is 2.43. The highest BCUT2D eigenvalue weighted by Gasteiger charge is 2.50. The van der Waals surface area contributed by atoms with Gasteiger partial charge in [0.05, 0.1) is 12.2 Å². The molecular weight excluding hydrogens is 422 g/mol. The fourth-order valence-electron chi connectivity index (χ4n) is 3.06. The summed E-state index contributed by atoms with van der Waals surface area (Å²) in [4.78, 5) is 25.9. The number of ketones is 1. The minimum atomic E-state index is -1.84. The number of rotatable bonds is 6. The molecule has 0 fully saturated rings. The molecule has 136 valence electrons. The number of carbonyl (C=O) groups is 2. The number of halogens is 2. The third-order valence-electron chi connectivity index (χ3n) is 4.20. The highest BCUT2D eigenvalue weighted by molar-refractivity contribution is 9.10. The molecule has 0 spiro atoms. The van der Waals surface area contributed by atoms with Gasteiger partial charge in [0.25, 0.3) is 5.91 Å². The maximum absolute atomic E-state index is 12.9. The largest absolute Gasteiger partial charge is 0.492 e. The second-order valence-electron chi connectivity index (χ2n) is 6.16. The Morgan fingerprint density at radius 1 is 1.27 bits per heavy atom. The van der Waals surface area contributed by atoms with Crippen LogP contribution in [0, 0.1) is 0 Å². The molecule has 1 heterocycles. The van der Waals surface area contributed by atoms with Gasteiger partial charge in [0.1, 0.15) is 18.1 Å². The maximum Gasteiger partial charge on any atom is 0.264 e. The number of Topliss-reactive ketones (excluding diaryl/α,β-unsaturated/α-hetero) is 1. The Morgan fingerprint density at radius 3 is 2.62 bits per heavy atom. The van der Waals surface area contributed by atoms with Crippen molar-refractivity contribution >= 4 is 44.9 Å². The molecule has 0 aromatic heterocycles. The fraction of sp³-hybridized carbons (Fsp3) is 0.263. The molecule has 0 unspecified atom stereocenters. The Hall–Kier alpha value is -1.89. The Bertz CT molecular complexity index is 855. The smallest absolute Gasteiger partial charge is 0.264 e. The summed E-state index contributed by atoms with van der Waals surface area (Å²) in [5, 5.41) is 11.5. The van der Waals surface area contributed by atoms with E-state index >= 15 is 0 Å². The quantitative estimate of drug-likeness (QED) is 0.747. The van der Waals surface area contributed by atoms with E-state index in [-0.39, 0.29) is 25.4 Å². The van der Waals surface area contributed by atoms with Crippen LogP contribution in [0.15, 0.2) is 46.9 Å². The minimum absolute atomic E-state index is 0.235.